The molecule has 0 N–H and O–H groups in total. The van der Waals surface area contributed by atoms with Crippen molar-refractivity contribution in [1.29, 1.82) is 0 Å². The highest BCUT2D eigenvalue weighted by molar-refractivity contribution is 6.30. The van der Waals surface area contributed by atoms with Gasteiger partial charge in [0.1, 0.15) is 5.65 Å². The monoisotopic (exact) mass is 457 g/mol. The molecule has 0 aliphatic carbocycles. The molecule has 0 fully saturated rings. The van der Waals surface area contributed by atoms with Gasteiger partial charge in [-0.05, 0) is 48.9 Å². The maximum absolute atomic E-state index is 12.9. The molecule has 0 saturated heterocycles. The Labute approximate surface area is 185 Å². The van der Waals surface area contributed by atoms with Crippen molar-refractivity contribution >= 4 is 29.4 Å². The number of imidazole rings is 1. The van der Waals surface area contributed by atoms with Crippen molar-refractivity contribution in [3.8, 4) is 11.3 Å². The Bertz CT molecular complexity index is 1330. The number of oxime groups is 1. The quantitative estimate of drug-likeness (QED) is 0.209. The molecule has 0 aliphatic rings. The van der Waals surface area contributed by atoms with Crippen molar-refractivity contribution < 1.29 is 22.8 Å². The normalized spacial score (nSPS) is 11.9. The van der Waals surface area contributed by atoms with Crippen LogP contribution in [0.1, 0.15) is 27.2 Å². The average Bonchev–Trinajstić information content (AvgIpc) is 3.14. The van der Waals surface area contributed by atoms with E-state index in [1.807, 2.05) is 19.1 Å². The Morgan fingerprint density at radius 1 is 1.12 bits per heavy atom. The Hall–Kier alpha value is -3.65. The van der Waals surface area contributed by atoms with Crippen LogP contribution in [0, 0.1) is 6.92 Å². The van der Waals surface area contributed by atoms with E-state index in [0.717, 1.165) is 23.3 Å². The van der Waals surface area contributed by atoms with E-state index in [1.165, 1.54) is 12.3 Å². The molecule has 9 heteroatoms. The first-order valence-corrected chi connectivity index (χ1v) is 9.77. The fourth-order valence-electron chi connectivity index (χ4n) is 3.17. The van der Waals surface area contributed by atoms with Crippen molar-refractivity contribution in [2.45, 2.75) is 13.1 Å². The second-order valence-electron chi connectivity index (χ2n) is 6.93. The van der Waals surface area contributed by atoms with Crippen LogP contribution in [0.15, 0.2) is 72.0 Å². The molecule has 2 aromatic carbocycles. The second-order valence-corrected chi connectivity index (χ2v) is 7.37. The van der Waals surface area contributed by atoms with Crippen molar-refractivity contribution in [2.75, 3.05) is 0 Å². The summed E-state index contributed by atoms with van der Waals surface area (Å²) in [6, 6.07) is 14.7. The molecule has 32 heavy (non-hydrogen) atoms. The first-order chi connectivity index (χ1) is 15.2. The molecule has 0 bridgehead atoms. The standard InChI is InChI=1S/C23H15ClF3N3O2/c1-14-4-3-11-30-19(20(29-21(14)30)15-7-9-18(24)10-8-15)13-28-32-22(31)16-5-2-6-17(12-16)23(25,26)27/h2-13H,1H3/b28-13+. The van der Waals surface area contributed by atoms with Crippen LogP contribution in [0.5, 0.6) is 0 Å². The number of nitrogens with zero attached hydrogens (tertiary/aromatic N) is 3. The Morgan fingerprint density at radius 2 is 1.88 bits per heavy atom. The lowest BCUT2D eigenvalue weighted by Gasteiger charge is -2.07. The zero-order valence-electron chi connectivity index (χ0n) is 16.6. The minimum Gasteiger partial charge on any atom is -0.313 e. The number of carbonyl (C=O) groups excluding carboxylic acids is 1. The van der Waals surface area contributed by atoms with Crippen LogP contribution in [-0.4, -0.2) is 21.6 Å². The smallest absolute Gasteiger partial charge is 0.313 e. The molecule has 0 aliphatic heterocycles. The lowest BCUT2D eigenvalue weighted by atomic mass is 10.1. The summed E-state index contributed by atoms with van der Waals surface area (Å²) in [7, 11) is 0. The van der Waals surface area contributed by atoms with E-state index in [-0.39, 0.29) is 5.56 Å². The van der Waals surface area contributed by atoms with Gasteiger partial charge >= 0.3 is 12.1 Å². The van der Waals surface area contributed by atoms with Crippen LogP contribution in [0.2, 0.25) is 5.02 Å². The summed E-state index contributed by atoms with van der Waals surface area (Å²) in [4.78, 5) is 21.8. The fourth-order valence-corrected chi connectivity index (χ4v) is 3.29. The molecule has 0 unspecified atom stereocenters. The number of hydrogen-bond donors (Lipinski definition) is 0. The summed E-state index contributed by atoms with van der Waals surface area (Å²) in [6.07, 6.45) is -1.49. The SMILES string of the molecule is Cc1cccn2c(/C=N/OC(=O)c3cccc(C(F)(F)F)c3)c(-c3ccc(Cl)cc3)nc12. The third-order valence-corrected chi connectivity index (χ3v) is 4.99. The molecule has 0 atom stereocenters. The molecule has 0 radical (unpaired) electrons. The van der Waals surface area contributed by atoms with E-state index < -0.39 is 17.7 Å². The summed E-state index contributed by atoms with van der Waals surface area (Å²) in [5, 5.41) is 4.29. The number of rotatable bonds is 4. The lowest BCUT2D eigenvalue weighted by molar-refractivity contribution is -0.137. The summed E-state index contributed by atoms with van der Waals surface area (Å²) in [5.41, 5.74) is 2.27. The summed E-state index contributed by atoms with van der Waals surface area (Å²) < 4.78 is 40.4. The van der Waals surface area contributed by atoms with Crippen LogP contribution in [0.4, 0.5) is 13.2 Å². The van der Waals surface area contributed by atoms with Gasteiger partial charge in [0, 0.05) is 16.8 Å². The van der Waals surface area contributed by atoms with Gasteiger partial charge < -0.3 is 4.84 Å². The van der Waals surface area contributed by atoms with Crippen molar-refractivity contribution in [2.24, 2.45) is 5.16 Å². The molecule has 162 valence electrons. The van der Waals surface area contributed by atoms with E-state index in [0.29, 0.717) is 28.1 Å². The lowest BCUT2D eigenvalue weighted by Crippen LogP contribution is -2.08. The number of alkyl halides is 3. The third-order valence-electron chi connectivity index (χ3n) is 4.74. The largest absolute Gasteiger partial charge is 0.416 e. The first-order valence-electron chi connectivity index (χ1n) is 9.39. The number of halogens is 4. The number of hydrogen-bond acceptors (Lipinski definition) is 4. The highest BCUT2D eigenvalue weighted by atomic mass is 35.5. The molecule has 0 amide bonds. The average molecular weight is 458 g/mol. The molecule has 0 saturated carbocycles. The predicted octanol–water partition coefficient (Wildman–Crippen LogP) is 6.17. The third kappa shape index (κ3) is 4.36. The molecule has 0 spiro atoms. The minimum absolute atomic E-state index is 0.260. The maximum Gasteiger partial charge on any atom is 0.416 e. The van der Waals surface area contributed by atoms with E-state index in [2.05, 4.69) is 10.1 Å². The van der Waals surface area contributed by atoms with Crippen molar-refractivity contribution in [3.05, 3.63) is 94.3 Å². The molecule has 4 rings (SSSR count). The van der Waals surface area contributed by atoms with E-state index >= 15 is 0 Å². The van der Waals surface area contributed by atoms with Gasteiger partial charge in [0.15, 0.2) is 0 Å². The number of benzene rings is 2. The Kier molecular flexibility index (Phi) is 5.71. The second kappa shape index (κ2) is 8.47. The fraction of sp³-hybridized carbons (Fsp3) is 0.0870. The summed E-state index contributed by atoms with van der Waals surface area (Å²) in [5.74, 6) is -1.01. The number of aromatic nitrogens is 2. The van der Waals surface area contributed by atoms with Crippen LogP contribution in [0.25, 0.3) is 16.9 Å². The first kappa shape index (κ1) is 21.6. The van der Waals surface area contributed by atoms with Crippen LogP contribution >= 0.6 is 11.6 Å². The van der Waals surface area contributed by atoms with E-state index in [1.54, 1.807) is 34.9 Å². The predicted molar refractivity (Wildman–Crippen MR) is 115 cm³/mol. The van der Waals surface area contributed by atoms with Gasteiger partial charge in [-0.1, -0.05) is 41.0 Å². The minimum atomic E-state index is -4.57. The number of pyridine rings is 1. The summed E-state index contributed by atoms with van der Waals surface area (Å²) in [6.45, 7) is 1.91. The van der Waals surface area contributed by atoms with E-state index in [4.69, 9.17) is 16.4 Å². The van der Waals surface area contributed by atoms with Gasteiger partial charge in [0.2, 0.25) is 0 Å². The van der Waals surface area contributed by atoms with Gasteiger partial charge in [-0.3, -0.25) is 4.40 Å². The van der Waals surface area contributed by atoms with Gasteiger partial charge in [-0.2, -0.15) is 13.2 Å². The van der Waals surface area contributed by atoms with Crippen LogP contribution < -0.4 is 0 Å². The zero-order chi connectivity index (χ0) is 22.9. The maximum atomic E-state index is 12.9. The highest BCUT2D eigenvalue weighted by Gasteiger charge is 2.31. The van der Waals surface area contributed by atoms with E-state index in [9.17, 15) is 18.0 Å². The highest BCUT2D eigenvalue weighted by Crippen LogP contribution is 2.30. The molecule has 2 aromatic heterocycles. The number of carbonyl (C=O) groups is 1. The van der Waals surface area contributed by atoms with Gasteiger partial charge in [-0.15, -0.1) is 0 Å². The van der Waals surface area contributed by atoms with Crippen molar-refractivity contribution in [3.63, 3.8) is 0 Å². The molecular weight excluding hydrogens is 443 g/mol. The Morgan fingerprint density at radius 3 is 2.59 bits per heavy atom. The zero-order valence-corrected chi connectivity index (χ0v) is 17.4. The molecule has 2 heterocycles. The molecule has 4 aromatic rings. The van der Waals surface area contributed by atoms with Crippen LogP contribution in [0.3, 0.4) is 0 Å². The van der Waals surface area contributed by atoms with Gasteiger partial charge in [-0.25, -0.2) is 9.78 Å². The summed E-state index contributed by atoms with van der Waals surface area (Å²) >= 11 is 5.98. The van der Waals surface area contributed by atoms with Crippen LogP contribution in [-0.2, 0) is 11.0 Å². The number of aryl methyl sites for hydroxylation is 1. The number of fused-ring (bicyclic) bond motifs is 1. The van der Waals surface area contributed by atoms with Gasteiger partial charge in [0.25, 0.3) is 0 Å². The Balaban J connectivity index is 1.67. The molecule has 5 nitrogen and oxygen atoms in total. The topological polar surface area (TPSA) is 56.0 Å². The van der Waals surface area contributed by atoms with Crippen molar-refractivity contribution in [1.82, 2.24) is 9.38 Å². The van der Waals surface area contributed by atoms with Gasteiger partial charge in [0.05, 0.1) is 28.7 Å². The molecular formula is C23H15ClF3N3O2.